The van der Waals surface area contributed by atoms with Crippen LogP contribution in [0.2, 0.25) is 0 Å². The summed E-state index contributed by atoms with van der Waals surface area (Å²) >= 11 is 0. The van der Waals surface area contributed by atoms with Crippen LogP contribution in [0.3, 0.4) is 0 Å². The van der Waals surface area contributed by atoms with Crippen molar-refractivity contribution in [1.82, 2.24) is 10.2 Å². The SMILES string of the molecule is CC(C)NC(=O)CN(Cc1ccccc1)Cc1ccccc1. The van der Waals surface area contributed by atoms with E-state index in [-0.39, 0.29) is 11.9 Å². The van der Waals surface area contributed by atoms with E-state index in [1.54, 1.807) is 0 Å². The quantitative estimate of drug-likeness (QED) is 0.851. The van der Waals surface area contributed by atoms with Crippen molar-refractivity contribution in [2.24, 2.45) is 0 Å². The third-order valence-electron chi connectivity index (χ3n) is 3.31. The zero-order valence-electron chi connectivity index (χ0n) is 13.3. The first kappa shape index (κ1) is 16.2. The van der Waals surface area contributed by atoms with Gasteiger partial charge < -0.3 is 5.32 Å². The van der Waals surface area contributed by atoms with Crippen molar-refractivity contribution in [2.45, 2.75) is 33.0 Å². The first-order valence-electron chi connectivity index (χ1n) is 7.73. The van der Waals surface area contributed by atoms with Gasteiger partial charge in [0.1, 0.15) is 0 Å². The molecule has 0 aliphatic carbocycles. The number of hydrogen-bond donors (Lipinski definition) is 1. The smallest absolute Gasteiger partial charge is 0.234 e. The summed E-state index contributed by atoms with van der Waals surface area (Å²) in [6.45, 7) is 5.90. The van der Waals surface area contributed by atoms with Crippen LogP contribution in [-0.4, -0.2) is 23.4 Å². The first-order valence-corrected chi connectivity index (χ1v) is 7.73. The lowest BCUT2D eigenvalue weighted by atomic mass is 10.1. The number of carbonyl (C=O) groups excluding carboxylic acids is 1. The minimum Gasteiger partial charge on any atom is -0.353 e. The molecular weight excluding hydrogens is 272 g/mol. The van der Waals surface area contributed by atoms with Gasteiger partial charge in [-0.3, -0.25) is 9.69 Å². The third-order valence-corrected chi connectivity index (χ3v) is 3.31. The van der Waals surface area contributed by atoms with E-state index in [1.165, 1.54) is 11.1 Å². The van der Waals surface area contributed by atoms with E-state index < -0.39 is 0 Å². The number of nitrogens with zero attached hydrogens (tertiary/aromatic N) is 1. The summed E-state index contributed by atoms with van der Waals surface area (Å²) in [5.41, 5.74) is 2.44. The highest BCUT2D eigenvalue weighted by Crippen LogP contribution is 2.09. The Balaban J connectivity index is 2.04. The lowest BCUT2D eigenvalue weighted by molar-refractivity contribution is -0.123. The van der Waals surface area contributed by atoms with Crippen LogP contribution < -0.4 is 5.32 Å². The number of hydrogen-bond acceptors (Lipinski definition) is 2. The Bertz CT molecular complexity index is 525. The highest BCUT2D eigenvalue weighted by atomic mass is 16.2. The van der Waals surface area contributed by atoms with Gasteiger partial charge >= 0.3 is 0 Å². The van der Waals surface area contributed by atoms with Crippen molar-refractivity contribution in [2.75, 3.05) is 6.54 Å². The predicted octanol–water partition coefficient (Wildman–Crippen LogP) is 3.21. The molecule has 3 heteroatoms. The topological polar surface area (TPSA) is 32.3 Å². The van der Waals surface area contributed by atoms with Crippen molar-refractivity contribution in [3.05, 3.63) is 71.8 Å². The van der Waals surface area contributed by atoms with E-state index in [1.807, 2.05) is 50.2 Å². The van der Waals surface area contributed by atoms with Crippen molar-refractivity contribution in [3.8, 4) is 0 Å². The Morgan fingerprint density at radius 2 is 1.36 bits per heavy atom. The molecule has 3 nitrogen and oxygen atoms in total. The van der Waals surface area contributed by atoms with Gasteiger partial charge in [0.25, 0.3) is 0 Å². The Labute approximate surface area is 133 Å². The van der Waals surface area contributed by atoms with Crippen molar-refractivity contribution >= 4 is 5.91 Å². The summed E-state index contributed by atoms with van der Waals surface area (Å²) in [6.07, 6.45) is 0. The number of rotatable bonds is 7. The van der Waals surface area contributed by atoms with E-state index >= 15 is 0 Å². The van der Waals surface area contributed by atoms with Crippen LogP contribution in [-0.2, 0) is 17.9 Å². The molecule has 0 aromatic heterocycles. The number of nitrogens with one attached hydrogen (secondary N) is 1. The molecule has 116 valence electrons. The van der Waals surface area contributed by atoms with Crippen LogP contribution in [0, 0.1) is 0 Å². The molecule has 0 bridgehead atoms. The molecule has 0 atom stereocenters. The highest BCUT2D eigenvalue weighted by molar-refractivity contribution is 5.78. The largest absolute Gasteiger partial charge is 0.353 e. The van der Waals surface area contributed by atoms with Gasteiger partial charge in [-0.15, -0.1) is 0 Å². The zero-order chi connectivity index (χ0) is 15.8. The number of amides is 1. The fraction of sp³-hybridized carbons (Fsp3) is 0.316. The molecule has 2 aromatic carbocycles. The Hall–Kier alpha value is -2.13. The van der Waals surface area contributed by atoms with Gasteiger partial charge in [-0.1, -0.05) is 60.7 Å². The van der Waals surface area contributed by atoms with E-state index in [4.69, 9.17) is 0 Å². The van der Waals surface area contributed by atoms with Crippen LogP contribution in [0.25, 0.3) is 0 Å². The molecule has 0 aliphatic rings. The average molecular weight is 296 g/mol. The molecule has 0 unspecified atom stereocenters. The lowest BCUT2D eigenvalue weighted by Crippen LogP contribution is -2.39. The molecule has 0 aliphatic heterocycles. The molecular formula is C19H24N2O. The second-order valence-electron chi connectivity index (χ2n) is 5.84. The third kappa shape index (κ3) is 5.70. The highest BCUT2D eigenvalue weighted by Gasteiger charge is 2.12. The van der Waals surface area contributed by atoms with Crippen molar-refractivity contribution in [3.63, 3.8) is 0 Å². The van der Waals surface area contributed by atoms with Crippen LogP contribution in [0.1, 0.15) is 25.0 Å². The van der Waals surface area contributed by atoms with Crippen LogP contribution in [0.4, 0.5) is 0 Å². The molecule has 0 spiro atoms. The summed E-state index contributed by atoms with van der Waals surface area (Å²) in [4.78, 5) is 14.3. The van der Waals surface area contributed by atoms with Crippen LogP contribution in [0.5, 0.6) is 0 Å². The second-order valence-corrected chi connectivity index (χ2v) is 5.84. The van der Waals surface area contributed by atoms with Gasteiger partial charge in [0.2, 0.25) is 5.91 Å². The zero-order valence-corrected chi connectivity index (χ0v) is 13.3. The summed E-state index contributed by atoms with van der Waals surface area (Å²) in [5.74, 6) is 0.0712. The maximum absolute atomic E-state index is 12.1. The summed E-state index contributed by atoms with van der Waals surface area (Å²) in [5, 5.41) is 2.96. The monoisotopic (exact) mass is 296 g/mol. The molecule has 0 fully saturated rings. The van der Waals surface area contributed by atoms with Gasteiger partial charge in [0.15, 0.2) is 0 Å². The summed E-state index contributed by atoms with van der Waals surface area (Å²) in [7, 11) is 0. The lowest BCUT2D eigenvalue weighted by Gasteiger charge is -2.22. The average Bonchev–Trinajstić information content (AvgIpc) is 2.48. The van der Waals surface area contributed by atoms with Gasteiger partial charge in [0.05, 0.1) is 6.54 Å². The van der Waals surface area contributed by atoms with Gasteiger partial charge in [-0.2, -0.15) is 0 Å². The molecule has 0 saturated heterocycles. The predicted molar refractivity (Wildman–Crippen MR) is 90.3 cm³/mol. The standard InChI is InChI=1S/C19H24N2O/c1-16(2)20-19(22)15-21(13-17-9-5-3-6-10-17)14-18-11-7-4-8-12-18/h3-12,16H,13-15H2,1-2H3,(H,20,22). The van der Waals surface area contributed by atoms with Crippen molar-refractivity contribution < 1.29 is 4.79 Å². The summed E-state index contributed by atoms with van der Waals surface area (Å²) in [6, 6.07) is 20.7. The minimum absolute atomic E-state index is 0.0712. The van der Waals surface area contributed by atoms with Gasteiger partial charge in [-0.25, -0.2) is 0 Å². The van der Waals surface area contributed by atoms with E-state index in [0.29, 0.717) is 6.54 Å². The molecule has 0 heterocycles. The minimum atomic E-state index is 0.0712. The number of carbonyl (C=O) groups is 1. The molecule has 22 heavy (non-hydrogen) atoms. The van der Waals surface area contributed by atoms with Gasteiger partial charge in [0, 0.05) is 19.1 Å². The first-order chi connectivity index (χ1) is 10.6. The van der Waals surface area contributed by atoms with E-state index in [0.717, 1.165) is 13.1 Å². The Morgan fingerprint density at radius 1 is 0.909 bits per heavy atom. The normalized spacial score (nSPS) is 10.9. The molecule has 2 rings (SSSR count). The van der Waals surface area contributed by atoms with Gasteiger partial charge in [-0.05, 0) is 25.0 Å². The maximum atomic E-state index is 12.1. The van der Waals surface area contributed by atoms with Crippen LogP contribution >= 0.6 is 0 Å². The maximum Gasteiger partial charge on any atom is 0.234 e. The number of benzene rings is 2. The van der Waals surface area contributed by atoms with Crippen LogP contribution in [0.15, 0.2) is 60.7 Å². The Morgan fingerprint density at radius 3 is 1.77 bits per heavy atom. The van der Waals surface area contributed by atoms with E-state index in [9.17, 15) is 4.79 Å². The second kappa shape index (κ2) is 8.35. The summed E-state index contributed by atoms with van der Waals surface area (Å²) < 4.78 is 0. The molecule has 1 amide bonds. The fourth-order valence-electron chi connectivity index (χ4n) is 2.42. The molecule has 2 aromatic rings. The molecule has 0 radical (unpaired) electrons. The Kier molecular flexibility index (Phi) is 6.16. The van der Waals surface area contributed by atoms with Crippen molar-refractivity contribution in [1.29, 1.82) is 0 Å². The fourth-order valence-corrected chi connectivity index (χ4v) is 2.42. The van der Waals surface area contributed by atoms with E-state index in [2.05, 4.69) is 34.5 Å². The molecule has 0 saturated carbocycles. The molecule has 1 N–H and O–H groups in total.